The molecule has 0 radical (unpaired) electrons. The molecule has 1 aliphatic heterocycles. The Labute approximate surface area is 101 Å². The Morgan fingerprint density at radius 2 is 2.31 bits per heavy atom. The van der Waals surface area contributed by atoms with Crippen LogP contribution in [0.1, 0.15) is 31.4 Å². The number of benzene rings is 1. The molecule has 3 heteroatoms. The minimum Gasteiger partial charge on any atom is -0.392 e. The largest absolute Gasteiger partial charge is 0.392 e. The highest BCUT2D eigenvalue weighted by Gasteiger charge is 2.18. The molecule has 88 valence electrons. The van der Waals surface area contributed by atoms with Gasteiger partial charge in [-0.25, -0.2) is 0 Å². The first kappa shape index (κ1) is 12.0. The van der Waals surface area contributed by atoms with Crippen molar-refractivity contribution in [2.75, 3.05) is 12.3 Å². The van der Waals surface area contributed by atoms with Gasteiger partial charge in [0.2, 0.25) is 0 Å². The number of fused-ring (bicyclic) bond motifs is 1. The Morgan fingerprint density at radius 3 is 3.12 bits per heavy atom. The molecule has 0 saturated carbocycles. The quantitative estimate of drug-likeness (QED) is 0.847. The van der Waals surface area contributed by atoms with Crippen molar-refractivity contribution in [3.05, 3.63) is 29.8 Å². The number of hydrogen-bond donors (Lipinski definition) is 2. The molecule has 1 aliphatic rings. The fourth-order valence-corrected chi connectivity index (χ4v) is 3.13. The Morgan fingerprint density at radius 1 is 1.50 bits per heavy atom. The molecule has 1 unspecified atom stereocenters. The Bertz CT molecular complexity index is 340. The Kier molecular flexibility index (Phi) is 4.27. The van der Waals surface area contributed by atoms with E-state index >= 15 is 0 Å². The summed E-state index contributed by atoms with van der Waals surface area (Å²) in [6, 6.07) is 9.00. The van der Waals surface area contributed by atoms with Gasteiger partial charge in [0.15, 0.2) is 0 Å². The van der Waals surface area contributed by atoms with Crippen LogP contribution in [0.25, 0.3) is 0 Å². The molecular weight excluding hydrogens is 218 g/mol. The van der Waals surface area contributed by atoms with Crippen LogP contribution in [0.4, 0.5) is 0 Å². The van der Waals surface area contributed by atoms with Gasteiger partial charge in [-0.1, -0.05) is 18.2 Å². The molecule has 0 spiro atoms. The molecular formula is C13H19NOS. The number of hydrogen-bond acceptors (Lipinski definition) is 3. The van der Waals surface area contributed by atoms with Crippen LogP contribution in [-0.4, -0.2) is 23.5 Å². The van der Waals surface area contributed by atoms with E-state index in [2.05, 4.69) is 29.6 Å². The molecule has 0 saturated heterocycles. The molecule has 0 aliphatic carbocycles. The van der Waals surface area contributed by atoms with Crippen molar-refractivity contribution in [2.45, 2.75) is 36.8 Å². The Hall–Kier alpha value is -0.510. The highest BCUT2D eigenvalue weighted by molar-refractivity contribution is 7.99. The lowest BCUT2D eigenvalue weighted by Crippen LogP contribution is -2.28. The second-order valence-corrected chi connectivity index (χ2v) is 5.48. The molecule has 0 fully saturated rings. The first-order valence-corrected chi connectivity index (χ1v) is 6.89. The summed E-state index contributed by atoms with van der Waals surface area (Å²) in [7, 11) is 0. The first-order chi connectivity index (χ1) is 7.77. The number of aliphatic hydroxyl groups is 1. The molecule has 2 atom stereocenters. The smallest absolute Gasteiger partial charge is 0.0636 e. The van der Waals surface area contributed by atoms with E-state index in [1.807, 2.05) is 18.7 Å². The van der Waals surface area contributed by atoms with E-state index in [4.69, 9.17) is 0 Å². The maximum atomic E-state index is 9.33. The summed E-state index contributed by atoms with van der Waals surface area (Å²) in [6.45, 7) is 2.49. The van der Waals surface area contributed by atoms with Crippen molar-refractivity contribution in [3.8, 4) is 0 Å². The fourth-order valence-electron chi connectivity index (χ4n) is 2.05. The maximum absolute atomic E-state index is 9.33. The lowest BCUT2D eigenvalue weighted by molar-refractivity contribution is 0.185. The van der Waals surface area contributed by atoms with Crippen molar-refractivity contribution in [1.29, 1.82) is 0 Å². The van der Waals surface area contributed by atoms with Gasteiger partial charge in [0.05, 0.1) is 6.10 Å². The lowest BCUT2D eigenvalue weighted by atomic mass is 10.0. The number of aliphatic hydroxyl groups excluding tert-OH is 1. The zero-order valence-corrected chi connectivity index (χ0v) is 10.5. The van der Waals surface area contributed by atoms with Gasteiger partial charge in [0.25, 0.3) is 0 Å². The van der Waals surface area contributed by atoms with E-state index in [1.54, 1.807) is 0 Å². The van der Waals surface area contributed by atoms with Gasteiger partial charge >= 0.3 is 0 Å². The van der Waals surface area contributed by atoms with E-state index in [0.717, 1.165) is 6.42 Å². The van der Waals surface area contributed by atoms with Gasteiger partial charge in [-0.15, -0.1) is 11.8 Å². The normalized spacial score (nSPS) is 22.2. The number of nitrogens with one attached hydrogen (secondary N) is 1. The zero-order chi connectivity index (χ0) is 11.4. The SMILES string of the molecule is C[C@H](O)CNC1CCCSc2ccccc21. The average molecular weight is 237 g/mol. The number of rotatable bonds is 3. The van der Waals surface area contributed by atoms with Gasteiger partial charge in [-0.2, -0.15) is 0 Å². The third-order valence-electron chi connectivity index (χ3n) is 2.85. The van der Waals surface area contributed by atoms with E-state index < -0.39 is 0 Å². The van der Waals surface area contributed by atoms with Gasteiger partial charge in [-0.3, -0.25) is 0 Å². The molecule has 2 nitrogen and oxygen atoms in total. The summed E-state index contributed by atoms with van der Waals surface area (Å²) in [5.41, 5.74) is 1.39. The summed E-state index contributed by atoms with van der Waals surface area (Å²) in [6.07, 6.45) is 2.12. The second-order valence-electron chi connectivity index (χ2n) is 4.34. The Balaban J connectivity index is 2.12. The van der Waals surface area contributed by atoms with Crippen LogP contribution in [0.3, 0.4) is 0 Å². The van der Waals surface area contributed by atoms with Crippen LogP contribution >= 0.6 is 11.8 Å². The maximum Gasteiger partial charge on any atom is 0.0636 e. The van der Waals surface area contributed by atoms with Crippen LogP contribution in [0.2, 0.25) is 0 Å². The zero-order valence-electron chi connectivity index (χ0n) is 9.65. The highest BCUT2D eigenvalue weighted by Crippen LogP contribution is 2.34. The molecule has 0 aromatic heterocycles. The molecule has 1 aromatic rings. The van der Waals surface area contributed by atoms with Crippen molar-refractivity contribution in [1.82, 2.24) is 5.32 Å². The lowest BCUT2D eigenvalue weighted by Gasteiger charge is -2.19. The summed E-state index contributed by atoms with van der Waals surface area (Å²) < 4.78 is 0. The molecule has 1 heterocycles. The minimum atomic E-state index is -0.275. The predicted octanol–water partition coefficient (Wildman–Crippen LogP) is 2.58. The summed E-state index contributed by atoms with van der Waals surface area (Å²) in [4.78, 5) is 1.39. The van der Waals surface area contributed by atoms with E-state index in [0.29, 0.717) is 12.6 Å². The van der Waals surface area contributed by atoms with Crippen LogP contribution in [0.15, 0.2) is 29.2 Å². The fraction of sp³-hybridized carbons (Fsp3) is 0.538. The first-order valence-electron chi connectivity index (χ1n) is 5.90. The van der Waals surface area contributed by atoms with E-state index in [9.17, 15) is 5.11 Å². The van der Waals surface area contributed by atoms with Crippen molar-refractivity contribution >= 4 is 11.8 Å². The molecule has 2 rings (SSSR count). The van der Waals surface area contributed by atoms with Crippen LogP contribution in [0.5, 0.6) is 0 Å². The number of thioether (sulfide) groups is 1. The minimum absolute atomic E-state index is 0.275. The summed E-state index contributed by atoms with van der Waals surface area (Å²) in [5, 5.41) is 12.8. The molecule has 16 heavy (non-hydrogen) atoms. The van der Waals surface area contributed by atoms with Gasteiger partial charge in [0.1, 0.15) is 0 Å². The van der Waals surface area contributed by atoms with Crippen molar-refractivity contribution in [3.63, 3.8) is 0 Å². The standard InChI is InChI=1S/C13H19NOS/c1-10(15)9-14-12-6-4-8-16-13-7-3-2-5-11(12)13/h2-3,5,7,10,12,14-15H,4,6,8-9H2,1H3/t10-,12?/m0/s1. The third-order valence-corrected chi connectivity index (χ3v) is 4.02. The second kappa shape index (κ2) is 5.71. The van der Waals surface area contributed by atoms with E-state index in [-0.39, 0.29) is 6.10 Å². The topological polar surface area (TPSA) is 32.3 Å². The van der Waals surface area contributed by atoms with Crippen LogP contribution in [0, 0.1) is 0 Å². The predicted molar refractivity (Wildman–Crippen MR) is 68.8 cm³/mol. The van der Waals surface area contributed by atoms with Crippen LogP contribution in [-0.2, 0) is 0 Å². The van der Waals surface area contributed by atoms with Crippen LogP contribution < -0.4 is 5.32 Å². The summed E-state index contributed by atoms with van der Waals surface area (Å²) >= 11 is 1.95. The summed E-state index contributed by atoms with van der Waals surface area (Å²) in [5.74, 6) is 1.20. The van der Waals surface area contributed by atoms with Crippen molar-refractivity contribution < 1.29 is 5.11 Å². The van der Waals surface area contributed by atoms with Gasteiger partial charge < -0.3 is 10.4 Å². The van der Waals surface area contributed by atoms with Gasteiger partial charge in [0, 0.05) is 17.5 Å². The molecule has 1 aromatic carbocycles. The van der Waals surface area contributed by atoms with E-state index in [1.165, 1.54) is 22.6 Å². The molecule has 2 N–H and O–H groups in total. The monoisotopic (exact) mass is 237 g/mol. The third kappa shape index (κ3) is 3.00. The van der Waals surface area contributed by atoms with Gasteiger partial charge in [-0.05, 0) is 37.1 Å². The highest BCUT2D eigenvalue weighted by atomic mass is 32.2. The van der Waals surface area contributed by atoms with Crippen molar-refractivity contribution in [2.24, 2.45) is 0 Å². The molecule has 0 amide bonds. The average Bonchev–Trinajstić information content (AvgIpc) is 2.48. The molecule has 0 bridgehead atoms.